The van der Waals surface area contributed by atoms with E-state index in [9.17, 15) is 10.1 Å². The number of methoxy groups -OCH3 is 1. The normalized spacial score (nSPS) is 20.4. The van der Waals surface area contributed by atoms with Crippen LogP contribution in [0, 0.1) is 24.0 Å². The molecule has 8 nitrogen and oxygen atoms in total. The molecule has 8 heteroatoms. The van der Waals surface area contributed by atoms with Gasteiger partial charge in [-0.1, -0.05) is 5.16 Å². The van der Waals surface area contributed by atoms with Crippen molar-refractivity contribution in [2.24, 2.45) is 0 Å². The molecule has 134 valence electrons. The maximum atomic E-state index is 11.5. The maximum Gasteiger partial charge on any atom is 0.296 e. The van der Waals surface area contributed by atoms with E-state index in [1.807, 2.05) is 0 Å². The number of nitrogens with one attached hydrogen (secondary N) is 1. The van der Waals surface area contributed by atoms with E-state index in [4.69, 9.17) is 9.26 Å². The van der Waals surface area contributed by atoms with Crippen LogP contribution in [0.25, 0.3) is 11.3 Å². The molecule has 0 aromatic carbocycles. The molecule has 1 aliphatic rings. The zero-order valence-corrected chi connectivity index (χ0v) is 14.6. The first kappa shape index (κ1) is 17.3. The molecule has 2 aromatic rings. The highest BCUT2D eigenvalue weighted by molar-refractivity contribution is 5.71. The minimum Gasteiger partial charge on any atom is -0.381 e. The summed E-state index contributed by atoms with van der Waals surface area (Å²) in [5.74, 6) is 0.595. The summed E-state index contributed by atoms with van der Waals surface area (Å²) in [7, 11) is 1.72. The van der Waals surface area contributed by atoms with Crippen LogP contribution in [0.15, 0.2) is 16.8 Å². The summed E-state index contributed by atoms with van der Waals surface area (Å²) in [4.78, 5) is 15.5. The lowest BCUT2D eigenvalue weighted by atomic mass is 9.93. The Morgan fingerprint density at radius 2 is 2.04 bits per heavy atom. The summed E-state index contributed by atoms with van der Waals surface area (Å²) in [6.45, 7) is 3.56. The number of rotatable bonds is 5. The van der Waals surface area contributed by atoms with E-state index in [0.29, 0.717) is 28.4 Å². The van der Waals surface area contributed by atoms with Gasteiger partial charge in [0.05, 0.1) is 34.2 Å². The Labute approximate surface area is 145 Å². The second kappa shape index (κ2) is 7.18. The van der Waals surface area contributed by atoms with Crippen LogP contribution >= 0.6 is 0 Å². The number of nitrogens with zero attached hydrogens (tertiary/aromatic N) is 3. The third-order valence-electron chi connectivity index (χ3n) is 4.74. The number of hydrogen-bond acceptors (Lipinski definition) is 7. The van der Waals surface area contributed by atoms with Gasteiger partial charge in [-0.2, -0.15) is 0 Å². The Morgan fingerprint density at radius 1 is 1.32 bits per heavy atom. The monoisotopic (exact) mass is 346 g/mol. The molecule has 0 atom stereocenters. The predicted octanol–water partition coefficient (Wildman–Crippen LogP) is 3.63. The minimum atomic E-state index is -0.382. The zero-order chi connectivity index (χ0) is 18.0. The van der Waals surface area contributed by atoms with Gasteiger partial charge in [0, 0.05) is 19.2 Å². The highest BCUT2D eigenvalue weighted by Crippen LogP contribution is 2.33. The lowest BCUT2D eigenvalue weighted by molar-refractivity contribution is -0.384. The van der Waals surface area contributed by atoms with E-state index in [2.05, 4.69) is 15.5 Å². The molecular formula is C17H22N4O4. The highest BCUT2D eigenvalue weighted by Gasteiger charge is 2.25. The second-order valence-electron chi connectivity index (χ2n) is 6.40. The van der Waals surface area contributed by atoms with Crippen molar-refractivity contribution in [2.45, 2.75) is 51.7 Å². The molecular weight excluding hydrogens is 324 g/mol. The fourth-order valence-corrected chi connectivity index (χ4v) is 3.36. The topological polar surface area (TPSA) is 103 Å². The predicted molar refractivity (Wildman–Crippen MR) is 92.5 cm³/mol. The summed E-state index contributed by atoms with van der Waals surface area (Å²) in [5, 5.41) is 18.7. The van der Waals surface area contributed by atoms with Crippen molar-refractivity contribution in [1.29, 1.82) is 0 Å². The molecule has 1 saturated carbocycles. The van der Waals surface area contributed by atoms with Gasteiger partial charge in [0.25, 0.3) is 5.69 Å². The van der Waals surface area contributed by atoms with E-state index in [-0.39, 0.29) is 22.8 Å². The molecule has 0 radical (unpaired) electrons. The Morgan fingerprint density at radius 3 is 2.60 bits per heavy atom. The zero-order valence-electron chi connectivity index (χ0n) is 14.6. The van der Waals surface area contributed by atoms with Crippen molar-refractivity contribution >= 4 is 11.4 Å². The van der Waals surface area contributed by atoms with Gasteiger partial charge in [0.2, 0.25) is 0 Å². The average Bonchev–Trinajstić information content (AvgIpc) is 2.94. The van der Waals surface area contributed by atoms with E-state index in [1.165, 1.54) is 12.3 Å². The number of nitro groups is 1. The van der Waals surface area contributed by atoms with E-state index >= 15 is 0 Å². The lowest BCUT2D eigenvalue weighted by Crippen LogP contribution is -2.29. The minimum absolute atomic E-state index is 0.0128. The Balaban J connectivity index is 1.84. The molecule has 2 aromatic heterocycles. The third-order valence-corrected chi connectivity index (χ3v) is 4.74. The SMILES string of the molecule is COC1CCC(Nc2cnc(-c3c(C)noc3C)cc2[N+](=O)[O-])CC1. The summed E-state index contributed by atoms with van der Waals surface area (Å²) in [6.07, 6.45) is 5.55. The fraction of sp³-hybridized carbons (Fsp3) is 0.529. The van der Waals surface area contributed by atoms with E-state index in [1.54, 1.807) is 21.0 Å². The standard InChI is InChI=1S/C17H22N4O4/c1-10-17(11(2)25-20-10)14-8-16(21(22)23)15(9-18-14)19-12-4-6-13(24-3)7-5-12/h8-9,12-13,19H,4-7H2,1-3H3. The van der Waals surface area contributed by atoms with Crippen molar-refractivity contribution in [3.05, 3.63) is 33.8 Å². The number of ether oxygens (including phenoxy) is 1. The molecule has 0 amide bonds. The van der Waals surface area contributed by atoms with Crippen LogP contribution in [0.3, 0.4) is 0 Å². The number of anilines is 1. The first-order chi connectivity index (χ1) is 12.0. The first-order valence-corrected chi connectivity index (χ1v) is 8.36. The molecule has 0 unspecified atom stereocenters. The van der Waals surface area contributed by atoms with Crippen molar-refractivity contribution in [3.8, 4) is 11.3 Å². The van der Waals surface area contributed by atoms with Gasteiger partial charge >= 0.3 is 0 Å². The van der Waals surface area contributed by atoms with Gasteiger partial charge in [-0.05, 0) is 39.5 Å². The third kappa shape index (κ3) is 3.63. The van der Waals surface area contributed by atoms with Crippen LogP contribution in [0.1, 0.15) is 37.1 Å². The molecule has 0 bridgehead atoms. The molecule has 3 rings (SSSR count). The van der Waals surface area contributed by atoms with Gasteiger partial charge in [-0.3, -0.25) is 15.1 Å². The van der Waals surface area contributed by atoms with Gasteiger partial charge in [-0.25, -0.2) is 0 Å². The van der Waals surface area contributed by atoms with E-state index < -0.39 is 0 Å². The van der Waals surface area contributed by atoms with Crippen LogP contribution in [-0.4, -0.2) is 34.3 Å². The van der Waals surface area contributed by atoms with Gasteiger partial charge in [0.1, 0.15) is 11.4 Å². The Hall–Kier alpha value is -2.48. The number of aromatic nitrogens is 2. The van der Waals surface area contributed by atoms with Gasteiger partial charge in [-0.15, -0.1) is 0 Å². The summed E-state index contributed by atoms with van der Waals surface area (Å²) in [6, 6.07) is 1.67. The van der Waals surface area contributed by atoms with Crippen LogP contribution < -0.4 is 5.32 Å². The molecule has 0 aliphatic heterocycles. The number of aryl methyl sites for hydroxylation is 2. The number of pyridine rings is 1. The molecule has 1 aliphatic carbocycles. The van der Waals surface area contributed by atoms with Crippen molar-refractivity contribution in [1.82, 2.24) is 10.1 Å². The Bertz CT molecular complexity index is 747. The molecule has 2 heterocycles. The lowest BCUT2D eigenvalue weighted by Gasteiger charge is -2.28. The van der Waals surface area contributed by atoms with Crippen molar-refractivity contribution in [2.75, 3.05) is 12.4 Å². The first-order valence-electron chi connectivity index (χ1n) is 8.36. The highest BCUT2D eigenvalue weighted by atomic mass is 16.6. The average molecular weight is 346 g/mol. The largest absolute Gasteiger partial charge is 0.381 e. The summed E-state index contributed by atoms with van der Waals surface area (Å²) in [5.41, 5.74) is 2.32. The van der Waals surface area contributed by atoms with Gasteiger partial charge < -0.3 is 14.6 Å². The fourth-order valence-electron chi connectivity index (χ4n) is 3.36. The van der Waals surface area contributed by atoms with Crippen molar-refractivity contribution < 1.29 is 14.2 Å². The summed E-state index contributed by atoms with van der Waals surface area (Å²) >= 11 is 0. The van der Waals surface area contributed by atoms with Crippen LogP contribution in [-0.2, 0) is 4.74 Å². The molecule has 25 heavy (non-hydrogen) atoms. The Kier molecular flexibility index (Phi) is 4.98. The van der Waals surface area contributed by atoms with Crippen LogP contribution in [0.4, 0.5) is 11.4 Å². The van der Waals surface area contributed by atoms with Crippen LogP contribution in [0.2, 0.25) is 0 Å². The van der Waals surface area contributed by atoms with E-state index in [0.717, 1.165) is 25.7 Å². The second-order valence-corrected chi connectivity index (χ2v) is 6.40. The molecule has 1 fully saturated rings. The molecule has 1 N–H and O–H groups in total. The van der Waals surface area contributed by atoms with Crippen LogP contribution in [0.5, 0.6) is 0 Å². The quantitative estimate of drug-likeness (QED) is 0.651. The molecule has 0 spiro atoms. The van der Waals surface area contributed by atoms with Gasteiger partial charge in [0.15, 0.2) is 0 Å². The smallest absolute Gasteiger partial charge is 0.296 e. The molecule has 0 saturated heterocycles. The number of hydrogen-bond donors (Lipinski definition) is 1. The van der Waals surface area contributed by atoms with Crippen molar-refractivity contribution in [3.63, 3.8) is 0 Å². The maximum absolute atomic E-state index is 11.5. The summed E-state index contributed by atoms with van der Waals surface area (Å²) < 4.78 is 10.5.